The van der Waals surface area contributed by atoms with E-state index in [9.17, 15) is 8.60 Å². The number of ether oxygens (including phenoxy) is 3. The summed E-state index contributed by atoms with van der Waals surface area (Å²) in [5.41, 5.74) is 3.90. The SMILES string of the molecule is Cc1cc(N=S(C)(=O)C(C)(C)C)cc2ncnc(Cc3ccc(F)cc3O[C@@H]3CO[C@@H]4CCO[C@@H]43)c12. The van der Waals surface area contributed by atoms with Crippen molar-refractivity contribution in [3.05, 3.63) is 59.3 Å². The molecule has 0 N–H and O–H groups in total. The van der Waals surface area contributed by atoms with Gasteiger partial charge >= 0.3 is 0 Å². The van der Waals surface area contributed by atoms with Crippen molar-refractivity contribution in [3.8, 4) is 5.75 Å². The molecule has 4 atom stereocenters. The molecule has 9 heteroatoms. The fourth-order valence-corrected chi connectivity index (χ4v) is 5.42. The van der Waals surface area contributed by atoms with Crippen LogP contribution in [0.2, 0.25) is 0 Å². The fraction of sp³-hybridized carbons (Fsp3) is 0.481. The molecule has 0 radical (unpaired) electrons. The van der Waals surface area contributed by atoms with E-state index in [1.807, 2.05) is 39.8 Å². The molecular weight excluding hydrogens is 481 g/mol. The van der Waals surface area contributed by atoms with E-state index in [0.717, 1.165) is 34.1 Å². The second kappa shape index (κ2) is 9.36. The van der Waals surface area contributed by atoms with Crippen molar-refractivity contribution in [2.45, 2.75) is 63.6 Å². The average Bonchev–Trinajstić information content (AvgIpc) is 3.39. The molecule has 2 aromatic carbocycles. The molecule has 3 heterocycles. The third kappa shape index (κ3) is 4.84. The number of hydrogen-bond donors (Lipinski definition) is 0. The van der Waals surface area contributed by atoms with Gasteiger partial charge in [0.2, 0.25) is 0 Å². The molecular formula is C27H32FN3O4S. The molecule has 0 spiro atoms. The van der Waals surface area contributed by atoms with Crippen molar-refractivity contribution in [2.24, 2.45) is 4.36 Å². The number of fused-ring (bicyclic) bond motifs is 2. The lowest BCUT2D eigenvalue weighted by atomic mass is 10.0. The lowest BCUT2D eigenvalue weighted by Crippen LogP contribution is -2.32. The van der Waals surface area contributed by atoms with Crippen LogP contribution < -0.4 is 4.74 Å². The average molecular weight is 514 g/mol. The van der Waals surface area contributed by atoms with Crippen LogP contribution in [0.4, 0.5) is 10.1 Å². The third-order valence-electron chi connectivity index (χ3n) is 7.00. The van der Waals surface area contributed by atoms with E-state index in [4.69, 9.17) is 14.2 Å². The highest BCUT2D eigenvalue weighted by molar-refractivity contribution is 7.94. The maximum Gasteiger partial charge on any atom is 0.150 e. The van der Waals surface area contributed by atoms with E-state index in [-0.39, 0.29) is 24.1 Å². The van der Waals surface area contributed by atoms with Gasteiger partial charge in [0.25, 0.3) is 0 Å². The summed E-state index contributed by atoms with van der Waals surface area (Å²) in [6.45, 7) is 8.80. The Bertz CT molecular complexity index is 1430. The van der Waals surface area contributed by atoms with Crippen molar-refractivity contribution >= 4 is 26.3 Å². The molecule has 7 nitrogen and oxygen atoms in total. The number of aromatic nitrogens is 2. The van der Waals surface area contributed by atoms with Gasteiger partial charge in [0.05, 0.1) is 39.3 Å². The van der Waals surface area contributed by atoms with Gasteiger partial charge < -0.3 is 14.2 Å². The minimum Gasteiger partial charge on any atom is -0.485 e. The van der Waals surface area contributed by atoms with E-state index in [1.54, 1.807) is 12.3 Å². The molecule has 0 aliphatic carbocycles. The van der Waals surface area contributed by atoms with E-state index in [1.165, 1.54) is 18.5 Å². The van der Waals surface area contributed by atoms with Gasteiger partial charge in [-0.25, -0.2) is 18.6 Å². The van der Waals surface area contributed by atoms with Gasteiger partial charge in [-0.1, -0.05) is 6.07 Å². The molecule has 1 aromatic heterocycles. The lowest BCUT2D eigenvalue weighted by Gasteiger charge is -2.21. The highest BCUT2D eigenvalue weighted by Crippen LogP contribution is 2.34. The minimum atomic E-state index is -2.46. The van der Waals surface area contributed by atoms with Crippen molar-refractivity contribution in [1.29, 1.82) is 0 Å². The quantitative estimate of drug-likeness (QED) is 0.470. The summed E-state index contributed by atoms with van der Waals surface area (Å²) < 4.78 is 49.3. The Kier molecular flexibility index (Phi) is 6.51. The normalized spacial score (nSPS) is 23.4. The Morgan fingerprint density at radius 1 is 1.19 bits per heavy atom. The molecule has 192 valence electrons. The zero-order valence-electron chi connectivity index (χ0n) is 21.3. The van der Waals surface area contributed by atoms with Gasteiger partial charge in [-0.15, -0.1) is 0 Å². The van der Waals surface area contributed by atoms with Crippen molar-refractivity contribution in [2.75, 3.05) is 19.5 Å². The predicted molar refractivity (Wildman–Crippen MR) is 138 cm³/mol. The van der Waals surface area contributed by atoms with Crippen LogP contribution in [0, 0.1) is 12.7 Å². The zero-order chi connectivity index (χ0) is 25.7. The topological polar surface area (TPSA) is 82.9 Å². The Morgan fingerprint density at radius 3 is 2.78 bits per heavy atom. The second-order valence-corrected chi connectivity index (χ2v) is 13.6. The highest BCUT2D eigenvalue weighted by atomic mass is 32.2. The van der Waals surface area contributed by atoms with Crippen molar-refractivity contribution in [3.63, 3.8) is 0 Å². The minimum absolute atomic E-state index is 0.0381. The summed E-state index contributed by atoms with van der Waals surface area (Å²) in [5, 5.41) is 0.897. The molecule has 0 saturated carbocycles. The van der Waals surface area contributed by atoms with E-state index >= 15 is 0 Å². The second-order valence-electron chi connectivity index (χ2n) is 10.6. The van der Waals surface area contributed by atoms with Gasteiger partial charge in [0, 0.05) is 41.0 Å². The Morgan fingerprint density at radius 2 is 2.00 bits per heavy atom. The molecule has 36 heavy (non-hydrogen) atoms. The first-order chi connectivity index (χ1) is 17.0. The first-order valence-corrected chi connectivity index (χ1v) is 14.1. The highest BCUT2D eigenvalue weighted by Gasteiger charge is 2.43. The molecule has 0 bridgehead atoms. The smallest absolute Gasteiger partial charge is 0.150 e. The molecule has 2 aliphatic heterocycles. The Labute approximate surface area is 211 Å². The molecule has 3 aromatic rings. The van der Waals surface area contributed by atoms with Crippen LogP contribution in [0.5, 0.6) is 5.75 Å². The van der Waals surface area contributed by atoms with Gasteiger partial charge in [-0.3, -0.25) is 0 Å². The monoisotopic (exact) mass is 513 g/mol. The van der Waals surface area contributed by atoms with Crippen LogP contribution in [0.15, 0.2) is 41.0 Å². The molecule has 2 fully saturated rings. The zero-order valence-corrected chi connectivity index (χ0v) is 22.1. The van der Waals surface area contributed by atoms with Crippen molar-refractivity contribution in [1.82, 2.24) is 9.97 Å². The standard InChI is InChI=1S/C27H32FN3O4S/c1-16-10-19(31-36(5,32)27(2,3)4)13-21-25(16)20(29-15-30-21)11-17-6-7-18(28)12-23(17)35-24-14-34-22-8-9-33-26(22)24/h6-7,10,12-13,15,22,24,26H,8-9,11,14H2,1-5H3/t22-,24-,26+,36?/m1/s1. The lowest BCUT2D eigenvalue weighted by molar-refractivity contribution is 0.0304. The number of hydrogen-bond acceptors (Lipinski definition) is 7. The number of aryl methyl sites for hydroxylation is 1. The third-order valence-corrected chi connectivity index (χ3v) is 9.83. The van der Waals surface area contributed by atoms with Gasteiger partial charge in [-0.05, 0) is 57.9 Å². The van der Waals surface area contributed by atoms with Gasteiger partial charge in [0.1, 0.15) is 24.0 Å². The Balaban J connectivity index is 1.49. The van der Waals surface area contributed by atoms with E-state index in [2.05, 4.69) is 14.3 Å². The summed E-state index contributed by atoms with van der Waals surface area (Å²) in [6, 6.07) is 8.34. The number of halogens is 1. The Hall–Kier alpha value is -2.62. The first kappa shape index (κ1) is 25.0. The molecule has 5 rings (SSSR count). The summed E-state index contributed by atoms with van der Waals surface area (Å²) in [4.78, 5) is 9.02. The summed E-state index contributed by atoms with van der Waals surface area (Å²) >= 11 is 0. The van der Waals surface area contributed by atoms with Crippen LogP contribution in [0.3, 0.4) is 0 Å². The maximum atomic E-state index is 14.2. The van der Waals surface area contributed by atoms with Crippen LogP contribution in [-0.2, 0) is 25.6 Å². The van der Waals surface area contributed by atoms with Crippen LogP contribution in [-0.4, -0.2) is 56.7 Å². The summed E-state index contributed by atoms with van der Waals surface area (Å²) in [5.74, 6) is 0.0974. The summed E-state index contributed by atoms with van der Waals surface area (Å²) in [7, 11) is -2.46. The summed E-state index contributed by atoms with van der Waals surface area (Å²) in [6.07, 6.45) is 4.11. The van der Waals surface area contributed by atoms with E-state index in [0.29, 0.717) is 31.1 Å². The fourth-order valence-electron chi connectivity index (χ4n) is 4.64. The van der Waals surface area contributed by atoms with Gasteiger partial charge in [-0.2, -0.15) is 4.36 Å². The van der Waals surface area contributed by atoms with Crippen LogP contribution >= 0.6 is 0 Å². The van der Waals surface area contributed by atoms with Crippen LogP contribution in [0.25, 0.3) is 10.9 Å². The number of nitrogens with zero attached hydrogens (tertiary/aromatic N) is 3. The maximum absolute atomic E-state index is 14.2. The predicted octanol–water partition coefficient (Wildman–Crippen LogP) is 5.13. The molecule has 2 saturated heterocycles. The van der Waals surface area contributed by atoms with Gasteiger partial charge in [0.15, 0.2) is 6.10 Å². The van der Waals surface area contributed by atoms with Crippen molar-refractivity contribution < 1.29 is 22.8 Å². The molecule has 2 aliphatic rings. The molecule has 0 amide bonds. The largest absolute Gasteiger partial charge is 0.485 e. The number of rotatable bonds is 5. The molecule has 1 unspecified atom stereocenters. The van der Waals surface area contributed by atoms with Crippen LogP contribution in [0.1, 0.15) is 44.0 Å². The first-order valence-electron chi connectivity index (χ1n) is 12.2. The van der Waals surface area contributed by atoms with E-state index < -0.39 is 14.5 Å². The number of benzene rings is 2.